The standard InChI is InChI=1S/C20H23FN2O3S/c21-17-9-20(11-22-10-17)27(24,25)14-16-7-8-23(13-16)12-15-1-3-18(4-2-15)26-19-5-6-19/h1-4,9-11,16,19H,5-8,12-14H2/t16-/m1/s1. The van der Waals surface area contributed by atoms with Gasteiger partial charge in [0, 0.05) is 19.3 Å². The summed E-state index contributed by atoms with van der Waals surface area (Å²) < 4.78 is 44.0. The Kier molecular flexibility index (Phi) is 5.14. The fraction of sp³-hybridized carbons (Fsp3) is 0.450. The number of aromatic nitrogens is 1. The van der Waals surface area contributed by atoms with E-state index in [9.17, 15) is 12.8 Å². The number of likely N-dealkylation sites (tertiary alicyclic amines) is 1. The highest BCUT2D eigenvalue weighted by molar-refractivity contribution is 7.91. The van der Waals surface area contributed by atoms with E-state index in [1.807, 2.05) is 12.1 Å². The lowest BCUT2D eigenvalue weighted by Crippen LogP contribution is -2.23. The highest BCUT2D eigenvalue weighted by Crippen LogP contribution is 2.27. The minimum atomic E-state index is -3.52. The molecule has 0 amide bonds. The molecule has 1 aliphatic carbocycles. The molecule has 1 saturated carbocycles. The van der Waals surface area contributed by atoms with Gasteiger partial charge in [0.25, 0.3) is 0 Å². The summed E-state index contributed by atoms with van der Waals surface area (Å²) in [5.74, 6) is 0.368. The normalized spacial score (nSPS) is 20.7. The number of halogens is 1. The Morgan fingerprint density at radius 1 is 1.15 bits per heavy atom. The number of sulfone groups is 1. The molecule has 2 aromatic rings. The largest absolute Gasteiger partial charge is 0.490 e. The summed E-state index contributed by atoms with van der Waals surface area (Å²) in [5, 5.41) is 0. The van der Waals surface area contributed by atoms with E-state index in [0.717, 1.165) is 56.9 Å². The third-order valence-electron chi connectivity index (χ3n) is 5.02. The summed E-state index contributed by atoms with van der Waals surface area (Å²) in [4.78, 5) is 5.88. The maximum absolute atomic E-state index is 13.3. The molecule has 2 heterocycles. The summed E-state index contributed by atoms with van der Waals surface area (Å²) in [6.07, 6.45) is 5.74. The predicted octanol–water partition coefficient (Wildman–Crippen LogP) is 3.06. The van der Waals surface area contributed by atoms with Crippen LogP contribution in [0.5, 0.6) is 5.75 Å². The number of pyridine rings is 1. The van der Waals surface area contributed by atoms with Gasteiger partial charge in [0.2, 0.25) is 0 Å². The van der Waals surface area contributed by atoms with Gasteiger partial charge >= 0.3 is 0 Å². The Morgan fingerprint density at radius 2 is 1.93 bits per heavy atom. The van der Waals surface area contributed by atoms with Crippen molar-refractivity contribution >= 4 is 9.84 Å². The molecular formula is C20H23FN2O3S. The first kappa shape index (κ1) is 18.4. The molecule has 7 heteroatoms. The van der Waals surface area contributed by atoms with Crippen molar-refractivity contribution in [2.75, 3.05) is 18.8 Å². The van der Waals surface area contributed by atoms with E-state index < -0.39 is 15.7 Å². The van der Waals surface area contributed by atoms with Crippen molar-refractivity contribution in [1.82, 2.24) is 9.88 Å². The first-order chi connectivity index (χ1) is 13.0. The van der Waals surface area contributed by atoms with Gasteiger partial charge in [0.15, 0.2) is 9.84 Å². The van der Waals surface area contributed by atoms with Crippen LogP contribution in [-0.4, -0.2) is 43.2 Å². The van der Waals surface area contributed by atoms with Crippen LogP contribution in [-0.2, 0) is 16.4 Å². The number of hydrogen-bond donors (Lipinski definition) is 0. The number of ether oxygens (including phenoxy) is 1. The quantitative estimate of drug-likeness (QED) is 0.727. The molecule has 2 aliphatic rings. The van der Waals surface area contributed by atoms with Gasteiger partial charge < -0.3 is 4.74 Å². The van der Waals surface area contributed by atoms with Crippen LogP contribution in [0.15, 0.2) is 47.6 Å². The van der Waals surface area contributed by atoms with Crippen LogP contribution in [0.3, 0.4) is 0 Å². The Bertz CT molecular complexity index is 898. The maximum Gasteiger partial charge on any atom is 0.180 e. The summed E-state index contributed by atoms with van der Waals surface area (Å²) >= 11 is 0. The monoisotopic (exact) mass is 390 g/mol. The lowest BCUT2D eigenvalue weighted by molar-refractivity contribution is 0.302. The highest BCUT2D eigenvalue weighted by atomic mass is 32.2. The van der Waals surface area contributed by atoms with Gasteiger partial charge in [-0.2, -0.15) is 0 Å². The van der Waals surface area contributed by atoms with Crippen molar-refractivity contribution in [3.05, 3.63) is 54.1 Å². The SMILES string of the molecule is O=S(=O)(C[C@@H]1CCN(Cc2ccc(OC3CC3)cc2)C1)c1cncc(F)c1. The third-order valence-corrected chi connectivity index (χ3v) is 6.87. The van der Waals surface area contributed by atoms with Gasteiger partial charge in [-0.1, -0.05) is 12.1 Å². The molecule has 2 fully saturated rings. The van der Waals surface area contributed by atoms with Crippen molar-refractivity contribution in [2.45, 2.75) is 36.8 Å². The van der Waals surface area contributed by atoms with E-state index in [-0.39, 0.29) is 16.6 Å². The summed E-state index contributed by atoms with van der Waals surface area (Å²) in [5.41, 5.74) is 1.19. The zero-order chi connectivity index (χ0) is 18.9. The van der Waals surface area contributed by atoms with Crippen LogP contribution in [0.2, 0.25) is 0 Å². The average Bonchev–Trinajstić information content (AvgIpc) is 3.35. The van der Waals surface area contributed by atoms with Gasteiger partial charge in [-0.15, -0.1) is 0 Å². The lowest BCUT2D eigenvalue weighted by atomic mass is 10.1. The topological polar surface area (TPSA) is 59.5 Å². The molecule has 0 radical (unpaired) electrons. The summed E-state index contributed by atoms with van der Waals surface area (Å²) in [7, 11) is -3.52. The van der Waals surface area contributed by atoms with Gasteiger partial charge in [-0.3, -0.25) is 9.88 Å². The third kappa shape index (κ3) is 4.84. The molecule has 1 aromatic carbocycles. The van der Waals surface area contributed by atoms with Crippen molar-refractivity contribution in [1.29, 1.82) is 0 Å². The summed E-state index contributed by atoms with van der Waals surface area (Å²) in [6, 6.07) is 9.19. The van der Waals surface area contributed by atoms with E-state index in [0.29, 0.717) is 6.10 Å². The van der Waals surface area contributed by atoms with Gasteiger partial charge in [-0.05, 0) is 55.5 Å². The first-order valence-corrected chi connectivity index (χ1v) is 10.9. The smallest absolute Gasteiger partial charge is 0.180 e. The summed E-state index contributed by atoms with van der Waals surface area (Å²) in [6.45, 7) is 2.38. The van der Waals surface area contributed by atoms with Crippen molar-refractivity contribution in [3.8, 4) is 5.75 Å². The molecule has 5 nitrogen and oxygen atoms in total. The van der Waals surface area contributed by atoms with Crippen LogP contribution < -0.4 is 4.74 Å². The molecular weight excluding hydrogens is 367 g/mol. The van der Waals surface area contributed by atoms with Gasteiger partial charge in [0.1, 0.15) is 11.6 Å². The van der Waals surface area contributed by atoms with E-state index in [2.05, 4.69) is 22.0 Å². The van der Waals surface area contributed by atoms with E-state index >= 15 is 0 Å². The second kappa shape index (κ2) is 7.56. The van der Waals surface area contributed by atoms with E-state index in [1.54, 1.807) is 0 Å². The Morgan fingerprint density at radius 3 is 2.63 bits per heavy atom. The molecule has 4 rings (SSSR count). The van der Waals surface area contributed by atoms with E-state index in [1.165, 1.54) is 11.8 Å². The molecule has 0 bridgehead atoms. The van der Waals surface area contributed by atoms with Crippen molar-refractivity contribution in [3.63, 3.8) is 0 Å². The second-order valence-electron chi connectivity index (χ2n) is 7.47. The van der Waals surface area contributed by atoms with Crippen molar-refractivity contribution < 1.29 is 17.5 Å². The molecule has 27 heavy (non-hydrogen) atoms. The van der Waals surface area contributed by atoms with Gasteiger partial charge in [0.05, 0.1) is 22.9 Å². The number of benzene rings is 1. The molecule has 1 aliphatic heterocycles. The molecule has 1 atom stereocenters. The van der Waals surface area contributed by atoms with Crippen LogP contribution in [0.1, 0.15) is 24.8 Å². The van der Waals surface area contributed by atoms with Gasteiger partial charge in [-0.25, -0.2) is 12.8 Å². The number of rotatable bonds is 7. The first-order valence-electron chi connectivity index (χ1n) is 9.29. The van der Waals surface area contributed by atoms with Crippen molar-refractivity contribution in [2.24, 2.45) is 5.92 Å². The predicted molar refractivity (Wildman–Crippen MR) is 99.7 cm³/mol. The molecule has 144 valence electrons. The fourth-order valence-corrected chi connectivity index (χ4v) is 5.07. The van der Waals surface area contributed by atoms with Crippen LogP contribution >= 0.6 is 0 Å². The molecule has 1 aromatic heterocycles. The second-order valence-corrected chi connectivity index (χ2v) is 9.51. The molecule has 0 spiro atoms. The van der Waals surface area contributed by atoms with Crippen LogP contribution in [0, 0.1) is 11.7 Å². The van der Waals surface area contributed by atoms with Crippen LogP contribution in [0.25, 0.3) is 0 Å². The Balaban J connectivity index is 1.31. The minimum absolute atomic E-state index is 0.0306. The average molecular weight is 390 g/mol. The van der Waals surface area contributed by atoms with E-state index in [4.69, 9.17) is 4.74 Å². The minimum Gasteiger partial charge on any atom is -0.490 e. The number of nitrogens with zero attached hydrogens (tertiary/aromatic N) is 2. The fourth-order valence-electron chi connectivity index (χ4n) is 3.47. The molecule has 1 saturated heterocycles. The Labute approximate surface area is 159 Å². The van der Waals surface area contributed by atoms with Crippen LogP contribution in [0.4, 0.5) is 4.39 Å². The lowest BCUT2D eigenvalue weighted by Gasteiger charge is -2.16. The highest BCUT2D eigenvalue weighted by Gasteiger charge is 2.28. The zero-order valence-corrected chi connectivity index (χ0v) is 15.9. The Hall–Kier alpha value is -1.99. The zero-order valence-electron chi connectivity index (χ0n) is 15.1. The molecule has 0 N–H and O–H groups in total. The molecule has 0 unspecified atom stereocenters. The number of hydrogen-bond acceptors (Lipinski definition) is 5. The maximum atomic E-state index is 13.3.